The Kier molecular flexibility index (Phi) is 2.29. The van der Waals surface area contributed by atoms with E-state index in [1.165, 1.54) is 23.5 Å². The SMILES string of the molecule is Cc1cnc(-c2cccc(F)c2F)s1. The second-order valence-corrected chi connectivity index (χ2v) is 4.11. The van der Waals surface area contributed by atoms with E-state index in [0.717, 1.165) is 10.9 Å². The predicted molar refractivity (Wildman–Crippen MR) is 52.2 cm³/mol. The second kappa shape index (κ2) is 3.46. The van der Waals surface area contributed by atoms with Gasteiger partial charge in [-0.3, -0.25) is 0 Å². The van der Waals surface area contributed by atoms with Crippen LogP contribution in [0, 0.1) is 18.6 Å². The summed E-state index contributed by atoms with van der Waals surface area (Å²) in [6, 6.07) is 4.10. The molecule has 0 radical (unpaired) electrons. The van der Waals surface area contributed by atoms with Gasteiger partial charge in [-0.05, 0) is 19.1 Å². The van der Waals surface area contributed by atoms with Crippen molar-refractivity contribution in [3.05, 3.63) is 40.9 Å². The summed E-state index contributed by atoms with van der Waals surface area (Å²) in [5.41, 5.74) is 0.225. The monoisotopic (exact) mass is 211 g/mol. The molecular weight excluding hydrogens is 204 g/mol. The van der Waals surface area contributed by atoms with E-state index in [0.29, 0.717) is 5.01 Å². The third-order valence-electron chi connectivity index (χ3n) is 1.80. The van der Waals surface area contributed by atoms with Crippen LogP contribution in [0.2, 0.25) is 0 Å². The van der Waals surface area contributed by atoms with Gasteiger partial charge in [0.2, 0.25) is 0 Å². The lowest BCUT2D eigenvalue weighted by molar-refractivity contribution is 0.511. The van der Waals surface area contributed by atoms with Crippen molar-refractivity contribution in [2.24, 2.45) is 0 Å². The van der Waals surface area contributed by atoms with Crippen molar-refractivity contribution in [3.63, 3.8) is 0 Å². The van der Waals surface area contributed by atoms with Crippen LogP contribution in [-0.2, 0) is 0 Å². The smallest absolute Gasteiger partial charge is 0.169 e. The van der Waals surface area contributed by atoms with Crippen LogP contribution in [0.3, 0.4) is 0 Å². The Hall–Kier alpha value is -1.29. The Balaban J connectivity index is 2.57. The van der Waals surface area contributed by atoms with E-state index in [1.807, 2.05) is 6.92 Å². The van der Waals surface area contributed by atoms with Gasteiger partial charge in [-0.2, -0.15) is 0 Å². The molecule has 1 nitrogen and oxygen atoms in total. The molecular formula is C10H7F2NS. The van der Waals surface area contributed by atoms with Crippen LogP contribution in [0.5, 0.6) is 0 Å². The Bertz CT molecular complexity index is 465. The second-order valence-electron chi connectivity index (χ2n) is 2.88. The largest absolute Gasteiger partial charge is 0.244 e. The number of aromatic nitrogens is 1. The summed E-state index contributed by atoms with van der Waals surface area (Å²) < 4.78 is 26.2. The number of benzene rings is 1. The molecule has 14 heavy (non-hydrogen) atoms. The maximum absolute atomic E-state index is 13.3. The van der Waals surface area contributed by atoms with E-state index in [9.17, 15) is 8.78 Å². The van der Waals surface area contributed by atoms with E-state index < -0.39 is 11.6 Å². The minimum absolute atomic E-state index is 0.225. The Morgan fingerprint density at radius 1 is 1.29 bits per heavy atom. The Labute approximate surface area is 84.0 Å². The van der Waals surface area contributed by atoms with Crippen LogP contribution in [0.1, 0.15) is 4.88 Å². The van der Waals surface area contributed by atoms with Crippen molar-refractivity contribution in [1.29, 1.82) is 0 Å². The van der Waals surface area contributed by atoms with Gasteiger partial charge < -0.3 is 0 Å². The van der Waals surface area contributed by atoms with Crippen LogP contribution in [0.25, 0.3) is 10.6 Å². The first-order valence-corrected chi connectivity index (χ1v) is 4.87. The van der Waals surface area contributed by atoms with Crippen molar-refractivity contribution < 1.29 is 8.78 Å². The Morgan fingerprint density at radius 3 is 2.71 bits per heavy atom. The summed E-state index contributed by atoms with van der Waals surface area (Å²) in [5, 5.41) is 0.513. The average Bonchev–Trinajstić information content (AvgIpc) is 2.57. The minimum atomic E-state index is -0.838. The molecule has 0 unspecified atom stereocenters. The maximum atomic E-state index is 13.3. The highest BCUT2D eigenvalue weighted by atomic mass is 32.1. The third-order valence-corrected chi connectivity index (χ3v) is 2.75. The molecule has 0 spiro atoms. The van der Waals surface area contributed by atoms with Gasteiger partial charge in [-0.15, -0.1) is 11.3 Å². The lowest BCUT2D eigenvalue weighted by Gasteiger charge is -1.98. The summed E-state index contributed by atoms with van der Waals surface area (Å²) in [4.78, 5) is 4.98. The standard InChI is InChI=1S/C10H7F2NS/c1-6-5-13-10(14-6)7-3-2-4-8(11)9(7)12/h2-5H,1H3. The van der Waals surface area contributed by atoms with Gasteiger partial charge in [0.25, 0.3) is 0 Å². The maximum Gasteiger partial charge on any atom is 0.169 e. The lowest BCUT2D eigenvalue weighted by atomic mass is 10.2. The fourth-order valence-electron chi connectivity index (χ4n) is 1.15. The summed E-state index contributed by atoms with van der Waals surface area (Å²) in [6.45, 7) is 1.87. The fraction of sp³-hybridized carbons (Fsp3) is 0.100. The number of aryl methyl sites for hydroxylation is 1. The van der Waals surface area contributed by atoms with Crippen molar-refractivity contribution in [2.45, 2.75) is 6.92 Å². The zero-order chi connectivity index (χ0) is 10.1. The Morgan fingerprint density at radius 2 is 2.07 bits per heavy atom. The molecule has 0 saturated heterocycles. The molecule has 0 aliphatic carbocycles. The molecule has 0 aliphatic rings. The molecule has 72 valence electrons. The lowest BCUT2D eigenvalue weighted by Crippen LogP contribution is -1.87. The van der Waals surface area contributed by atoms with E-state index >= 15 is 0 Å². The van der Waals surface area contributed by atoms with Crippen LogP contribution in [0.15, 0.2) is 24.4 Å². The molecule has 0 saturated carbocycles. The average molecular weight is 211 g/mol. The molecule has 0 fully saturated rings. The molecule has 2 aromatic rings. The molecule has 4 heteroatoms. The van der Waals surface area contributed by atoms with Crippen molar-refractivity contribution >= 4 is 11.3 Å². The quantitative estimate of drug-likeness (QED) is 0.704. The topological polar surface area (TPSA) is 12.9 Å². The zero-order valence-corrected chi connectivity index (χ0v) is 8.24. The highest BCUT2D eigenvalue weighted by Crippen LogP contribution is 2.27. The molecule has 1 aromatic heterocycles. The number of nitrogens with zero attached hydrogens (tertiary/aromatic N) is 1. The first kappa shape index (κ1) is 9.27. The van der Waals surface area contributed by atoms with E-state index in [1.54, 1.807) is 6.20 Å². The highest BCUT2D eigenvalue weighted by Gasteiger charge is 2.11. The molecule has 0 amide bonds. The predicted octanol–water partition coefficient (Wildman–Crippen LogP) is 3.40. The minimum Gasteiger partial charge on any atom is -0.244 e. The summed E-state index contributed by atoms with van der Waals surface area (Å²) in [5.74, 6) is -1.67. The normalized spacial score (nSPS) is 10.5. The van der Waals surface area contributed by atoms with Crippen molar-refractivity contribution in [2.75, 3.05) is 0 Å². The van der Waals surface area contributed by atoms with Gasteiger partial charge in [0.1, 0.15) is 5.01 Å². The molecule has 1 aromatic carbocycles. The van der Waals surface area contributed by atoms with Gasteiger partial charge in [0, 0.05) is 16.6 Å². The van der Waals surface area contributed by atoms with Crippen LogP contribution < -0.4 is 0 Å². The highest BCUT2D eigenvalue weighted by molar-refractivity contribution is 7.14. The van der Waals surface area contributed by atoms with Gasteiger partial charge in [-0.1, -0.05) is 6.07 Å². The van der Waals surface area contributed by atoms with E-state index in [4.69, 9.17) is 0 Å². The zero-order valence-electron chi connectivity index (χ0n) is 7.42. The number of thiazole rings is 1. The third kappa shape index (κ3) is 1.53. The molecule has 0 bridgehead atoms. The van der Waals surface area contributed by atoms with Crippen LogP contribution in [0.4, 0.5) is 8.78 Å². The number of hydrogen-bond acceptors (Lipinski definition) is 2. The fourth-order valence-corrected chi connectivity index (χ4v) is 1.93. The number of halogens is 2. The first-order chi connectivity index (χ1) is 6.68. The van der Waals surface area contributed by atoms with E-state index in [2.05, 4.69) is 4.98 Å². The van der Waals surface area contributed by atoms with Crippen LogP contribution >= 0.6 is 11.3 Å². The first-order valence-electron chi connectivity index (χ1n) is 4.05. The van der Waals surface area contributed by atoms with Gasteiger partial charge in [-0.25, -0.2) is 13.8 Å². The summed E-state index contributed by atoms with van der Waals surface area (Å²) in [6.07, 6.45) is 1.64. The number of rotatable bonds is 1. The summed E-state index contributed by atoms with van der Waals surface area (Å²) in [7, 11) is 0. The number of hydrogen-bond donors (Lipinski definition) is 0. The summed E-state index contributed by atoms with van der Waals surface area (Å²) >= 11 is 1.35. The van der Waals surface area contributed by atoms with Gasteiger partial charge >= 0.3 is 0 Å². The molecule has 0 N–H and O–H groups in total. The van der Waals surface area contributed by atoms with Gasteiger partial charge in [0.15, 0.2) is 11.6 Å². The molecule has 1 heterocycles. The van der Waals surface area contributed by atoms with Crippen molar-refractivity contribution in [1.82, 2.24) is 4.98 Å². The molecule has 0 aliphatic heterocycles. The van der Waals surface area contributed by atoms with E-state index in [-0.39, 0.29) is 5.56 Å². The molecule has 0 atom stereocenters. The van der Waals surface area contributed by atoms with Gasteiger partial charge in [0.05, 0.1) is 0 Å². The molecule has 2 rings (SSSR count). The van der Waals surface area contributed by atoms with Crippen LogP contribution in [-0.4, -0.2) is 4.98 Å². The van der Waals surface area contributed by atoms with Crippen molar-refractivity contribution in [3.8, 4) is 10.6 Å².